The molecule has 1 aromatic carbocycles. The molecule has 0 heterocycles. The van der Waals surface area contributed by atoms with E-state index in [-0.39, 0.29) is 12.7 Å². The first kappa shape index (κ1) is 15.8. The van der Waals surface area contributed by atoms with Crippen molar-refractivity contribution in [1.29, 1.82) is 0 Å². The summed E-state index contributed by atoms with van der Waals surface area (Å²) in [7, 11) is 0. The number of nitrogens with one attached hydrogen (secondary N) is 1. The van der Waals surface area contributed by atoms with Crippen molar-refractivity contribution in [2.24, 2.45) is 5.92 Å². The van der Waals surface area contributed by atoms with Crippen LogP contribution in [0.5, 0.6) is 5.75 Å². The van der Waals surface area contributed by atoms with Crippen molar-refractivity contribution in [3.8, 4) is 5.75 Å². The Morgan fingerprint density at radius 2 is 1.63 bits per heavy atom. The number of benzene rings is 1. The number of halogens is 4. The molecule has 0 fully saturated rings. The highest BCUT2D eigenvalue weighted by Crippen LogP contribution is 2.26. The third kappa shape index (κ3) is 4.70. The lowest BCUT2D eigenvalue weighted by molar-refractivity contribution is 0.269. The van der Waals surface area contributed by atoms with Gasteiger partial charge in [0.25, 0.3) is 0 Å². The van der Waals surface area contributed by atoms with Gasteiger partial charge in [-0.3, -0.25) is 0 Å². The van der Waals surface area contributed by atoms with Crippen molar-refractivity contribution in [3.63, 3.8) is 0 Å². The largest absolute Gasteiger partial charge is 0.486 e. The van der Waals surface area contributed by atoms with Gasteiger partial charge in [0.05, 0.1) is 0 Å². The monoisotopic (exact) mass is 279 g/mol. The Morgan fingerprint density at radius 3 is 2.16 bits per heavy atom. The van der Waals surface area contributed by atoms with Crippen molar-refractivity contribution >= 4 is 0 Å². The molecule has 0 atom stereocenters. The first-order chi connectivity index (χ1) is 8.93. The molecule has 0 saturated carbocycles. The summed E-state index contributed by atoms with van der Waals surface area (Å²) < 4.78 is 56.9. The SMILES string of the molecule is CC(C)CCNCCOc1c(F)c(F)cc(F)c1F. The summed E-state index contributed by atoms with van der Waals surface area (Å²) in [6.07, 6.45) is 0.956. The zero-order chi connectivity index (χ0) is 14.4. The molecule has 108 valence electrons. The van der Waals surface area contributed by atoms with Crippen LogP contribution in [0.15, 0.2) is 6.07 Å². The molecule has 1 aromatic rings. The van der Waals surface area contributed by atoms with Crippen molar-refractivity contribution in [2.75, 3.05) is 19.7 Å². The lowest BCUT2D eigenvalue weighted by Crippen LogP contribution is -2.23. The van der Waals surface area contributed by atoms with Crippen molar-refractivity contribution < 1.29 is 22.3 Å². The topological polar surface area (TPSA) is 21.3 Å². The Bertz CT molecular complexity index is 397. The minimum Gasteiger partial charge on any atom is -0.486 e. The summed E-state index contributed by atoms with van der Waals surface area (Å²) in [5.74, 6) is -6.44. The highest BCUT2D eigenvalue weighted by Gasteiger charge is 2.20. The van der Waals surface area contributed by atoms with E-state index in [2.05, 4.69) is 19.2 Å². The Morgan fingerprint density at radius 1 is 1.05 bits per heavy atom. The molecule has 1 rings (SSSR count). The predicted octanol–water partition coefficient (Wildman–Crippen LogP) is 3.26. The Kier molecular flexibility index (Phi) is 6.08. The second-order valence-electron chi connectivity index (χ2n) is 4.58. The van der Waals surface area contributed by atoms with Crippen LogP contribution in [-0.2, 0) is 0 Å². The first-order valence-corrected chi connectivity index (χ1v) is 6.10. The van der Waals surface area contributed by atoms with Gasteiger partial charge in [-0.2, -0.15) is 8.78 Å². The number of rotatable bonds is 7. The van der Waals surface area contributed by atoms with E-state index in [1.165, 1.54) is 0 Å². The van der Waals surface area contributed by atoms with E-state index < -0.39 is 29.0 Å². The molecular weight excluding hydrogens is 262 g/mol. The molecule has 0 aliphatic carbocycles. The maximum atomic E-state index is 13.2. The van der Waals surface area contributed by atoms with Crippen molar-refractivity contribution in [2.45, 2.75) is 20.3 Å². The molecule has 19 heavy (non-hydrogen) atoms. The van der Waals surface area contributed by atoms with Gasteiger partial charge in [0.2, 0.25) is 11.6 Å². The molecule has 1 N–H and O–H groups in total. The Labute approximate surface area is 109 Å². The summed E-state index contributed by atoms with van der Waals surface area (Å²) in [4.78, 5) is 0. The van der Waals surface area contributed by atoms with Crippen LogP contribution in [-0.4, -0.2) is 19.7 Å². The van der Waals surface area contributed by atoms with Crippen molar-refractivity contribution in [1.82, 2.24) is 5.32 Å². The van der Waals surface area contributed by atoms with E-state index in [1.54, 1.807) is 0 Å². The summed E-state index contributed by atoms with van der Waals surface area (Å²) in [6.45, 7) is 5.14. The smallest absolute Gasteiger partial charge is 0.203 e. The summed E-state index contributed by atoms with van der Waals surface area (Å²) >= 11 is 0. The molecule has 6 heteroatoms. The maximum Gasteiger partial charge on any atom is 0.203 e. The average Bonchev–Trinajstić information content (AvgIpc) is 2.34. The number of ether oxygens (including phenoxy) is 1. The van der Waals surface area contributed by atoms with Crippen LogP contribution < -0.4 is 10.1 Å². The van der Waals surface area contributed by atoms with Crippen LogP contribution in [0, 0.1) is 29.2 Å². The van der Waals surface area contributed by atoms with Gasteiger partial charge in [0.15, 0.2) is 17.4 Å². The van der Waals surface area contributed by atoms with Gasteiger partial charge in [-0.1, -0.05) is 13.8 Å². The average molecular weight is 279 g/mol. The van der Waals surface area contributed by atoms with Gasteiger partial charge in [-0.25, -0.2) is 8.78 Å². The molecule has 0 aliphatic rings. The lowest BCUT2D eigenvalue weighted by Gasteiger charge is -2.10. The Hall–Kier alpha value is -1.30. The van der Waals surface area contributed by atoms with Gasteiger partial charge in [0, 0.05) is 12.6 Å². The van der Waals surface area contributed by atoms with Gasteiger partial charge in [-0.15, -0.1) is 0 Å². The lowest BCUT2D eigenvalue weighted by atomic mass is 10.1. The molecule has 0 spiro atoms. The van der Waals surface area contributed by atoms with Crippen LogP contribution >= 0.6 is 0 Å². The van der Waals surface area contributed by atoms with E-state index in [4.69, 9.17) is 4.74 Å². The van der Waals surface area contributed by atoms with Crippen LogP contribution in [0.25, 0.3) is 0 Å². The van der Waals surface area contributed by atoms with E-state index in [1.807, 2.05) is 0 Å². The molecule has 0 radical (unpaired) electrons. The maximum absolute atomic E-state index is 13.2. The third-order valence-corrected chi connectivity index (χ3v) is 2.50. The fourth-order valence-corrected chi connectivity index (χ4v) is 1.42. The normalized spacial score (nSPS) is 11.1. The minimum absolute atomic E-state index is 0.0746. The molecule has 2 nitrogen and oxygen atoms in total. The standard InChI is InChI=1S/C13H17F4NO/c1-8(2)3-4-18-5-6-19-13-11(16)9(14)7-10(15)12(13)17/h7-8,18H,3-6H2,1-2H3. The number of hydrogen-bond acceptors (Lipinski definition) is 2. The molecule has 0 saturated heterocycles. The van der Waals surface area contributed by atoms with Gasteiger partial charge >= 0.3 is 0 Å². The molecule has 0 unspecified atom stereocenters. The van der Waals surface area contributed by atoms with Crippen LogP contribution in [0.4, 0.5) is 17.6 Å². The highest BCUT2D eigenvalue weighted by molar-refractivity contribution is 5.28. The van der Waals surface area contributed by atoms with Crippen LogP contribution in [0.1, 0.15) is 20.3 Å². The van der Waals surface area contributed by atoms with E-state index in [0.29, 0.717) is 12.5 Å². The first-order valence-electron chi connectivity index (χ1n) is 6.10. The van der Waals surface area contributed by atoms with Crippen molar-refractivity contribution in [3.05, 3.63) is 29.3 Å². The molecule has 0 aliphatic heterocycles. The van der Waals surface area contributed by atoms with Gasteiger partial charge in [-0.05, 0) is 18.9 Å². The number of hydrogen-bond donors (Lipinski definition) is 1. The van der Waals surface area contributed by atoms with Crippen LogP contribution in [0.2, 0.25) is 0 Å². The predicted molar refractivity (Wildman–Crippen MR) is 64.1 cm³/mol. The van der Waals surface area contributed by atoms with E-state index in [0.717, 1.165) is 13.0 Å². The molecule has 0 amide bonds. The second kappa shape index (κ2) is 7.33. The van der Waals surface area contributed by atoms with Gasteiger partial charge < -0.3 is 10.1 Å². The molecule has 0 aromatic heterocycles. The molecular formula is C13H17F4NO. The minimum atomic E-state index is -1.51. The zero-order valence-electron chi connectivity index (χ0n) is 10.9. The van der Waals surface area contributed by atoms with E-state index >= 15 is 0 Å². The highest BCUT2D eigenvalue weighted by atomic mass is 19.2. The van der Waals surface area contributed by atoms with Crippen LogP contribution in [0.3, 0.4) is 0 Å². The second-order valence-corrected chi connectivity index (χ2v) is 4.58. The summed E-state index contributed by atoms with van der Waals surface area (Å²) in [5, 5.41) is 3.00. The summed E-state index contributed by atoms with van der Waals surface area (Å²) in [6, 6.07) is 0.151. The van der Waals surface area contributed by atoms with E-state index in [9.17, 15) is 17.6 Å². The Balaban J connectivity index is 2.45. The molecule has 0 bridgehead atoms. The fraction of sp³-hybridized carbons (Fsp3) is 0.538. The summed E-state index contributed by atoms with van der Waals surface area (Å²) in [5.41, 5.74) is 0. The third-order valence-electron chi connectivity index (χ3n) is 2.50. The fourth-order valence-electron chi connectivity index (χ4n) is 1.42. The zero-order valence-corrected chi connectivity index (χ0v) is 10.9. The van der Waals surface area contributed by atoms with Gasteiger partial charge in [0.1, 0.15) is 6.61 Å². The quantitative estimate of drug-likeness (QED) is 0.470.